The zero-order chi connectivity index (χ0) is 17.2. The van der Waals surface area contributed by atoms with Gasteiger partial charge in [-0.2, -0.15) is 4.68 Å². The summed E-state index contributed by atoms with van der Waals surface area (Å²) in [5.74, 6) is -0.354. The Kier molecular flexibility index (Phi) is 4.84. The van der Waals surface area contributed by atoms with Crippen molar-refractivity contribution in [3.63, 3.8) is 0 Å². The lowest BCUT2D eigenvalue weighted by atomic mass is 10.1. The molecule has 1 heterocycles. The van der Waals surface area contributed by atoms with Crippen LogP contribution in [0.2, 0.25) is 0 Å². The predicted molar refractivity (Wildman–Crippen MR) is 89.3 cm³/mol. The summed E-state index contributed by atoms with van der Waals surface area (Å²) in [5.41, 5.74) is 1.16. The van der Waals surface area contributed by atoms with Crippen molar-refractivity contribution in [2.24, 2.45) is 0 Å². The highest BCUT2D eigenvalue weighted by Crippen LogP contribution is 2.22. The van der Waals surface area contributed by atoms with E-state index in [0.717, 1.165) is 5.56 Å². The van der Waals surface area contributed by atoms with Gasteiger partial charge in [0.15, 0.2) is 0 Å². The third-order valence-corrected chi connectivity index (χ3v) is 3.48. The summed E-state index contributed by atoms with van der Waals surface area (Å²) in [4.78, 5) is 22.3. The maximum Gasteiger partial charge on any atom is 0.404 e. The molecule has 0 unspecified atom stereocenters. The van der Waals surface area contributed by atoms with Crippen LogP contribution in [0.25, 0.3) is 0 Å². The van der Waals surface area contributed by atoms with E-state index in [0.29, 0.717) is 16.6 Å². The second-order valence-electron chi connectivity index (χ2n) is 6.16. The van der Waals surface area contributed by atoms with Gasteiger partial charge in [-0.15, -0.1) is 0 Å². The van der Waals surface area contributed by atoms with Crippen LogP contribution in [0.1, 0.15) is 36.7 Å². The summed E-state index contributed by atoms with van der Waals surface area (Å²) >= 11 is 3.11. The Morgan fingerprint density at radius 2 is 1.96 bits per heavy atom. The second kappa shape index (κ2) is 6.49. The molecule has 0 radical (unpaired) electrons. The van der Waals surface area contributed by atoms with Crippen molar-refractivity contribution in [3.8, 4) is 0 Å². The minimum Gasteiger partial charge on any atom is -0.358 e. The molecule has 0 aliphatic rings. The fraction of sp³-hybridized carbons (Fsp3) is 0.333. The van der Waals surface area contributed by atoms with Gasteiger partial charge >= 0.3 is 5.82 Å². The molecular weight excluding hydrogens is 364 g/mol. The lowest BCUT2D eigenvalue weighted by Gasteiger charge is -2.20. The van der Waals surface area contributed by atoms with Crippen LogP contribution < -0.4 is 5.32 Å². The van der Waals surface area contributed by atoms with Gasteiger partial charge in [0, 0.05) is 11.1 Å². The van der Waals surface area contributed by atoms with Crippen molar-refractivity contribution >= 4 is 27.7 Å². The Hall–Kier alpha value is -2.22. The number of hydrogen-bond donors (Lipinski definition) is 1. The molecule has 0 saturated heterocycles. The van der Waals surface area contributed by atoms with Crippen molar-refractivity contribution in [1.82, 2.24) is 15.1 Å². The summed E-state index contributed by atoms with van der Waals surface area (Å²) in [6.45, 7) is 6.14. The fourth-order valence-electron chi connectivity index (χ4n) is 1.95. The third kappa shape index (κ3) is 4.62. The molecule has 0 fully saturated rings. The van der Waals surface area contributed by atoms with Crippen molar-refractivity contribution in [2.45, 2.75) is 32.9 Å². The van der Waals surface area contributed by atoms with E-state index >= 15 is 0 Å². The number of amides is 1. The third-order valence-electron chi connectivity index (χ3n) is 2.92. The van der Waals surface area contributed by atoms with E-state index in [2.05, 4.69) is 26.3 Å². The van der Waals surface area contributed by atoms with Gasteiger partial charge in [-0.3, -0.25) is 4.79 Å². The Labute approximate surface area is 142 Å². The molecule has 8 heteroatoms. The number of carbonyl (C=O) groups excluding carboxylic acids is 1. The molecular formula is C15H17BrN4O3. The molecule has 1 N–H and O–H groups in total. The minimum atomic E-state index is -0.541. The lowest BCUT2D eigenvalue weighted by molar-refractivity contribution is -0.390. The summed E-state index contributed by atoms with van der Waals surface area (Å²) in [5, 5.41) is 17.6. The molecule has 2 aromatic rings. The summed E-state index contributed by atoms with van der Waals surface area (Å²) in [6.07, 6.45) is 1.55. The van der Waals surface area contributed by atoms with Crippen molar-refractivity contribution in [2.75, 3.05) is 0 Å². The number of benzene rings is 1. The highest BCUT2D eigenvalue weighted by atomic mass is 79.9. The van der Waals surface area contributed by atoms with Crippen LogP contribution in [0.4, 0.5) is 5.82 Å². The zero-order valence-corrected chi connectivity index (χ0v) is 14.6. The number of halogens is 1. The second-order valence-corrected chi connectivity index (χ2v) is 7.01. The van der Waals surface area contributed by atoms with E-state index in [4.69, 9.17) is 0 Å². The molecule has 0 aliphatic carbocycles. The minimum absolute atomic E-state index is 0.137. The average molecular weight is 381 g/mol. The predicted octanol–water partition coefficient (Wildman–Crippen LogP) is 3.13. The highest BCUT2D eigenvalue weighted by Gasteiger charge is 2.19. The molecule has 23 heavy (non-hydrogen) atoms. The fourth-order valence-corrected chi connectivity index (χ4v) is 2.41. The van der Waals surface area contributed by atoms with Crippen LogP contribution in [0.5, 0.6) is 0 Å². The number of nitrogens with one attached hydrogen (secondary N) is 1. The zero-order valence-electron chi connectivity index (χ0n) is 13.0. The van der Waals surface area contributed by atoms with Crippen molar-refractivity contribution < 1.29 is 9.72 Å². The van der Waals surface area contributed by atoms with Gasteiger partial charge in [-0.25, -0.2) is 0 Å². The van der Waals surface area contributed by atoms with E-state index < -0.39 is 4.92 Å². The normalized spacial score (nSPS) is 11.3. The molecule has 0 bridgehead atoms. The van der Waals surface area contributed by atoms with Crippen LogP contribution in [0.15, 0.2) is 34.9 Å². The average Bonchev–Trinajstić information content (AvgIpc) is 2.78. The smallest absolute Gasteiger partial charge is 0.358 e. The molecule has 0 saturated carbocycles. The SMILES string of the molecule is CC(C)(C)NC(=O)c1ccc(Cn2cc(Br)c([N+](=O)[O-])n2)cc1. The van der Waals surface area contributed by atoms with E-state index in [-0.39, 0.29) is 17.3 Å². The van der Waals surface area contributed by atoms with E-state index in [9.17, 15) is 14.9 Å². The Balaban J connectivity index is 2.10. The quantitative estimate of drug-likeness (QED) is 0.651. The largest absolute Gasteiger partial charge is 0.404 e. The van der Waals surface area contributed by atoms with Crippen molar-refractivity contribution in [1.29, 1.82) is 0 Å². The van der Waals surface area contributed by atoms with Gasteiger partial charge in [0.05, 0.1) is 17.8 Å². The Morgan fingerprint density at radius 3 is 2.43 bits per heavy atom. The van der Waals surface area contributed by atoms with E-state index in [1.54, 1.807) is 30.5 Å². The lowest BCUT2D eigenvalue weighted by Crippen LogP contribution is -2.40. The topological polar surface area (TPSA) is 90.1 Å². The number of rotatable bonds is 4. The van der Waals surface area contributed by atoms with Crippen LogP contribution in [-0.4, -0.2) is 26.1 Å². The monoisotopic (exact) mass is 380 g/mol. The number of nitro groups is 1. The standard InChI is InChI=1S/C15H17BrN4O3/c1-15(2,3)17-14(21)11-6-4-10(5-7-11)8-19-9-12(16)13(18-19)20(22)23/h4-7,9H,8H2,1-3H3,(H,17,21). The van der Waals surface area contributed by atoms with Crippen LogP contribution in [-0.2, 0) is 6.54 Å². The van der Waals surface area contributed by atoms with Gasteiger partial charge in [0.1, 0.15) is 4.47 Å². The van der Waals surface area contributed by atoms with Crippen LogP contribution in [0.3, 0.4) is 0 Å². The Bertz CT molecular complexity index is 732. The van der Waals surface area contributed by atoms with Gasteiger partial charge in [-0.05, 0) is 59.3 Å². The van der Waals surface area contributed by atoms with E-state index in [1.165, 1.54) is 4.68 Å². The van der Waals surface area contributed by atoms with Crippen molar-refractivity contribution in [3.05, 3.63) is 56.2 Å². The number of nitrogens with zero attached hydrogens (tertiary/aromatic N) is 3. The first-order chi connectivity index (χ1) is 10.7. The van der Waals surface area contributed by atoms with E-state index in [1.807, 2.05) is 20.8 Å². The maximum atomic E-state index is 12.0. The number of hydrogen-bond acceptors (Lipinski definition) is 4. The molecule has 1 aromatic carbocycles. The highest BCUT2D eigenvalue weighted by molar-refractivity contribution is 9.10. The van der Waals surface area contributed by atoms with Gasteiger partial charge in [-0.1, -0.05) is 12.1 Å². The first-order valence-electron chi connectivity index (χ1n) is 6.94. The van der Waals surface area contributed by atoms with Gasteiger partial charge in [0.25, 0.3) is 5.91 Å². The molecule has 2 rings (SSSR count). The molecule has 0 atom stereocenters. The Morgan fingerprint density at radius 1 is 1.35 bits per heavy atom. The molecule has 1 aromatic heterocycles. The van der Waals surface area contributed by atoms with Crippen LogP contribution >= 0.6 is 15.9 Å². The van der Waals surface area contributed by atoms with Gasteiger partial charge < -0.3 is 15.4 Å². The molecule has 0 spiro atoms. The van der Waals surface area contributed by atoms with Gasteiger partial charge in [0.2, 0.25) is 0 Å². The molecule has 0 aliphatic heterocycles. The number of aromatic nitrogens is 2. The first-order valence-corrected chi connectivity index (χ1v) is 7.74. The molecule has 1 amide bonds. The molecule has 122 valence electrons. The van der Waals surface area contributed by atoms with Crippen LogP contribution in [0, 0.1) is 10.1 Å². The maximum absolute atomic E-state index is 12.0. The summed E-state index contributed by atoms with van der Waals surface area (Å²) in [6, 6.07) is 7.06. The molecule has 7 nitrogen and oxygen atoms in total. The number of carbonyl (C=O) groups is 1. The first kappa shape index (κ1) is 17.1. The summed E-state index contributed by atoms with van der Waals surface area (Å²) in [7, 11) is 0. The summed E-state index contributed by atoms with van der Waals surface area (Å²) < 4.78 is 1.82.